The Balaban J connectivity index is 2.81. The molecule has 2 aromatic rings. The highest BCUT2D eigenvalue weighted by molar-refractivity contribution is 7.98. The zero-order chi connectivity index (χ0) is 10.8. The molecule has 0 atom stereocenters. The van der Waals surface area contributed by atoms with Gasteiger partial charge in [0.25, 0.3) is 0 Å². The minimum Gasteiger partial charge on any atom is -0.476 e. The lowest BCUT2D eigenvalue weighted by molar-refractivity contribution is 0.0685. The van der Waals surface area contributed by atoms with Crippen LogP contribution in [0.1, 0.15) is 10.5 Å². The van der Waals surface area contributed by atoms with Crippen molar-refractivity contribution in [3.63, 3.8) is 0 Å². The van der Waals surface area contributed by atoms with Crippen LogP contribution in [0.15, 0.2) is 29.2 Å². The molecule has 76 valence electrons. The van der Waals surface area contributed by atoms with Crippen molar-refractivity contribution in [2.75, 3.05) is 6.26 Å². The summed E-state index contributed by atoms with van der Waals surface area (Å²) in [6.45, 7) is 0. The molecule has 0 radical (unpaired) electrons. The van der Waals surface area contributed by atoms with Crippen LogP contribution in [0.25, 0.3) is 10.9 Å². The number of carboxylic acids is 1. The lowest BCUT2D eigenvalue weighted by Crippen LogP contribution is -2.04. The van der Waals surface area contributed by atoms with Crippen molar-refractivity contribution >= 4 is 28.6 Å². The molecule has 1 heterocycles. The number of hydrogen-bond acceptors (Lipinski definition) is 4. The normalized spacial score (nSPS) is 10.5. The molecule has 1 aromatic carbocycles. The number of hydrogen-bond donors (Lipinski definition) is 1. The largest absolute Gasteiger partial charge is 0.476 e. The van der Waals surface area contributed by atoms with Crippen LogP contribution >= 0.6 is 11.8 Å². The van der Waals surface area contributed by atoms with E-state index in [-0.39, 0.29) is 5.69 Å². The van der Waals surface area contributed by atoms with Crippen molar-refractivity contribution < 1.29 is 9.90 Å². The van der Waals surface area contributed by atoms with Gasteiger partial charge in [0, 0.05) is 5.39 Å². The van der Waals surface area contributed by atoms with Crippen molar-refractivity contribution in [2.24, 2.45) is 0 Å². The van der Waals surface area contributed by atoms with Crippen molar-refractivity contribution in [3.05, 3.63) is 30.0 Å². The van der Waals surface area contributed by atoms with E-state index >= 15 is 0 Å². The SMILES string of the molecule is CSc1c(C(=O)O)nnc2ccccc12. The zero-order valence-corrected chi connectivity index (χ0v) is 8.78. The van der Waals surface area contributed by atoms with Gasteiger partial charge in [-0.2, -0.15) is 0 Å². The molecule has 0 saturated heterocycles. The second-order valence-corrected chi connectivity index (χ2v) is 3.72. The topological polar surface area (TPSA) is 63.1 Å². The molecule has 15 heavy (non-hydrogen) atoms. The highest BCUT2D eigenvalue weighted by Crippen LogP contribution is 2.26. The number of aromatic carboxylic acids is 1. The van der Waals surface area contributed by atoms with E-state index in [2.05, 4.69) is 10.2 Å². The summed E-state index contributed by atoms with van der Waals surface area (Å²) >= 11 is 1.37. The lowest BCUT2D eigenvalue weighted by Gasteiger charge is -2.04. The lowest BCUT2D eigenvalue weighted by atomic mass is 10.2. The van der Waals surface area contributed by atoms with E-state index < -0.39 is 5.97 Å². The molecule has 0 aliphatic rings. The van der Waals surface area contributed by atoms with Gasteiger partial charge in [-0.05, 0) is 12.3 Å². The highest BCUT2D eigenvalue weighted by atomic mass is 32.2. The Labute approximate surface area is 90.3 Å². The maximum Gasteiger partial charge on any atom is 0.357 e. The van der Waals surface area contributed by atoms with E-state index in [1.54, 1.807) is 0 Å². The zero-order valence-electron chi connectivity index (χ0n) is 7.97. The van der Waals surface area contributed by atoms with Crippen LogP contribution < -0.4 is 0 Å². The van der Waals surface area contributed by atoms with Gasteiger partial charge in [0.05, 0.1) is 10.4 Å². The Kier molecular flexibility index (Phi) is 2.55. The van der Waals surface area contributed by atoms with Crippen LogP contribution in [0.3, 0.4) is 0 Å². The number of benzene rings is 1. The number of aromatic nitrogens is 2. The predicted molar refractivity (Wildman–Crippen MR) is 58.3 cm³/mol. The number of rotatable bonds is 2. The Morgan fingerprint density at radius 3 is 2.73 bits per heavy atom. The second kappa shape index (κ2) is 3.86. The van der Waals surface area contributed by atoms with Gasteiger partial charge in [0.1, 0.15) is 0 Å². The van der Waals surface area contributed by atoms with Crippen molar-refractivity contribution in [3.8, 4) is 0 Å². The van der Waals surface area contributed by atoms with Gasteiger partial charge in [0.2, 0.25) is 0 Å². The molecule has 0 aliphatic heterocycles. The number of carboxylic acid groups (broad SMARTS) is 1. The molecular weight excluding hydrogens is 212 g/mol. The first kappa shape index (κ1) is 9.92. The molecule has 5 heteroatoms. The molecule has 0 bridgehead atoms. The smallest absolute Gasteiger partial charge is 0.357 e. The monoisotopic (exact) mass is 220 g/mol. The predicted octanol–water partition coefficient (Wildman–Crippen LogP) is 2.05. The summed E-state index contributed by atoms with van der Waals surface area (Å²) in [5, 5.41) is 17.3. The Morgan fingerprint density at radius 2 is 2.07 bits per heavy atom. The molecule has 0 spiro atoms. The van der Waals surface area contributed by atoms with E-state index in [0.717, 1.165) is 5.39 Å². The highest BCUT2D eigenvalue weighted by Gasteiger charge is 2.15. The summed E-state index contributed by atoms with van der Waals surface area (Å²) < 4.78 is 0. The van der Waals surface area contributed by atoms with E-state index in [0.29, 0.717) is 10.4 Å². The van der Waals surface area contributed by atoms with Gasteiger partial charge in [-0.25, -0.2) is 4.79 Å². The molecule has 1 aromatic heterocycles. The third kappa shape index (κ3) is 1.66. The van der Waals surface area contributed by atoms with Gasteiger partial charge in [-0.15, -0.1) is 22.0 Å². The molecule has 0 unspecified atom stereocenters. The molecule has 4 nitrogen and oxygen atoms in total. The standard InChI is InChI=1S/C10H8N2O2S/c1-15-9-6-4-2-3-5-7(6)11-12-8(9)10(13)14/h2-5H,1H3,(H,13,14). The van der Waals surface area contributed by atoms with Crippen LogP contribution in [-0.2, 0) is 0 Å². The fourth-order valence-corrected chi connectivity index (χ4v) is 2.09. The van der Waals surface area contributed by atoms with E-state index in [1.165, 1.54) is 11.8 Å². The first-order valence-electron chi connectivity index (χ1n) is 4.26. The van der Waals surface area contributed by atoms with Crippen molar-refractivity contribution in [1.29, 1.82) is 0 Å². The van der Waals surface area contributed by atoms with Gasteiger partial charge in [-0.1, -0.05) is 18.2 Å². The second-order valence-electron chi connectivity index (χ2n) is 2.90. The Bertz CT molecular complexity index is 528. The molecule has 2 rings (SSSR count). The molecule has 0 amide bonds. The van der Waals surface area contributed by atoms with Gasteiger partial charge < -0.3 is 5.11 Å². The van der Waals surface area contributed by atoms with E-state index in [9.17, 15) is 4.79 Å². The molecule has 0 aliphatic carbocycles. The maximum absolute atomic E-state index is 10.9. The fourth-order valence-electron chi connectivity index (χ4n) is 1.38. The molecular formula is C10H8N2O2S. The van der Waals surface area contributed by atoms with Crippen LogP contribution in [0.4, 0.5) is 0 Å². The summed E-state index contributed by atoms with van der Waals surface area (Å²) in [6, 6.07) is 7.37. The first-order valence-corrected chi connectivity index (χ1v) is 5.49. The maximum atomic E-state index is 10.9. The Morgan fingerprint density at radius 1 is 1.33 bits per heavy atom. The minimum absolute atomic E-state index is 0.0150. The minimum atomic E-state index is -1.04. The van der Waals surface area contributed by atoms with Crippen LogP contribution in [0.2, 0.25) is 0 Å². The molecule has 0 fully saturated rings. The Hall–Kier alpha value is -1.62. The van der Waals surface area contributed by atoms with Crippen LogP contribution in [0.5, 0.6) is 0 Å². The summed E-state index contributed by atoms with van der Waals surface area (Å²) in [4.78, 5) is 11.6. The number of fused-ring (bicyclic) bond motifs is 1. The first-order chi connectivity index (χ1) is 7.24. The summed E-state index contributed by atoms with van der Waals surface area (Å²) in [7, 11) is 0. The number of thioether (sulfide) groups is 1. The number of carbonyl (C=O) groups is 1. The van der Waals surface area contributed by atoms with Gasteiger partial charge in [0.15, 0.2) is 5.69 Å². The summed E-state index contributed by atoms with van der Waals surface area (Å²) in [5.41, 5.74) is 0.730. The third-order valence-electron chi connectivity index (χ3n) is 2.03. The van der Waals surface area contributed by atoms with Crippen molar-refractivity contribution in [1.82, 2.24) is 10.2 Å². The molecule has 1 N–H and O–H groups in total. The third-order valence-corrected chi connectivity index (χ3v) is 2.85. The van der Waals surface area contributed by atoms with Gasteiger partial charge >= 0.3 is 5.97 Å². The molecule has 0 saturated carbocycles. The average molecular weight is 220 g/mol. The van der Waals surface area contributed by atoms with Crippen LogP contribution in [0, 0.1) is 0 Å². The summed E-state index contributed by atoms with van der Waals surface area (Å²) in [5.74, 6) is -1.04. The van der Waals surface area contributed by atoms with Crippen LogP contribution in [-0.4, -0.2) is 27.5 Å². The fraction of sp³-hybridized carbons (Fsp3) is 0.100. The number of nitrogens with zero attached hydrogens (tertiary/aromatic N) is 2. The van der Waals surface area contributed by atoms with E-state index in [1.807, 2.05) is 30.5 Å². The summed E-state index contributed by atoms with van der Waals surface area (Å²) in [6.07, 6.45) is 1.83. The van der Waals surface area contributed by atoms with Gasteiger partial charge in [-0.3, -0.25) is 0 Å². The average Bonchev–Trinajstić information content (AvgIpc) is 2.27. The van der Waals surface area contributed by atoms with E-state index in [4.69, 9.17) is 5.11 Å². The quantitative estimate of drug-likeness (QED) is 0.785. The van der Waals surface area contributed by atoms with Crippen molar-refractivity contribution in [2.45, 2.75) is 4.90 Å².